The molecule has 2 unspecified atom stereocenters. The summed E-state index contributed by atoms with van der Waals surface area (Å²) >= 11 is 0. The van der Waals surface area contributed by atoms with E-state index >= 15 is 0 Å². The maximum atomic E-state index is 11.8. The van der Waals surface area contributed by atoms with E-state index in [0.717, 1.165) is 19.0 Å². The van der Waals surface area contributed by atoms with Crippen molar-refractivity contribution in [1.29, 1.82) is 0 Å². The molecule has 118 valence electrons. The fraction of sp³-hybridized carbons (Fsp3) is 0.933. The van der Waals surface area contributed by atoms with Gasteiger partial charge in [0, 0.05) is 25.7 Å². The van der Waals surface area contributed by atoms with E-state index in [1.54, 1.807) is 7.11 Å². The van der Waals surface area contributed by atoms with E-state index in [4.69, 9.17) is 10.5 Å². The van der Waals surface area contributed by atoms with Crippen LogP contribution in [0.2, 0.25) is 0 Å². The van der Waals surface area contributed by atoms with Crippen LogP contribution >= 0.6 is 0 Å². The van der Waals surface area contributed by atoms with Crippen molar-refractivity contribution in [1.82, 2.24) is 10.2 Å². The number of carbonyl (C=O) groups excluding carboxylic acids is 1. The van der Waals surface area contributed by atoms with Crippen molar-refractivity contribution >= 4 is 5.91 Å². The highest BCUT2D eigenvalue weighted by Gasteiger charge is 2.31. The molecule has 1 fully saturated rings. The topological polar surface area (TPSA) is 67.6 Å². The van der Waals surface area contributed by atoms with Gasteiger partial charge in [0.25, 0.3) is 0 Å². The summed E-state index contributed by atoms with van der Waals surface area (Å²) in [7, 11) is 1.55. The number of piperidine rings is 1. The average Bonchev–Trinajstić information content (AvgIpc) is 2.45. The maximum absolute atomic E-state index is 11.8. The summed E-state index contributed by atoms with van der Waals surface area (Å²) in [5, 5.41) is 2.95. The van der Waals surface area contributed by atoms with Crippen LogP contribution < -0.4 is 11.1 Å². The third kappa shape index (κ3) is 5.04. The van der Waals surface area contributed by atoms with Crippen LogP contribution in [0.5, 0.6) is 0 Å². The predicted octanol–water partition coefficient (Wildman–Crippen LogP) is 0.977. The van der Waals surface area contributed by atoms with E-state index in [2.05, 4.69) is 31.0 Å². The molecule has 0 saturated carbocycles. The first-order valence-corrected chi connectivity index (χ1v) is 7.68. The fourth-order valence-electron chi connectivity index (χ4n) is 2.75. The first-order valence-electron chi connectivity index (χ1n) is 7.68. The van der Waals surface area contributed by atoms with Crippen molar-refractivity contribution in [3.63, 3.8) is 0 Å². The molecule has 0 bridgehead atoms. The Morgan fingerprint density at radius 3 is 2.85 bits per heavy atom. The molecule has 5 heteroatoms. The number of hydrogen-bond donors (Lipinski definition) is 2. The second kappa shape index (κ2) is 7.96. The quantitative estimate of drug-likeness (QED) is 0.731. The second-order valence-corrected chi connectivity index (χ2v) is 6.45. The Bertz CT molecular complexity index is 307. The summed E-state index contributed by atoms with van der Waals surface area (Å²) in [4.78, 5) is 14.3. The highest BCUT2D eigenvalue weighted by atomic mass is 16.5. The number of rotatable bonds is 7. The summed E-state index contributed by atoms with van der Waals surface area (Å²) in [5.74, 6) is 0.651. The van der Waals surface area contributed by atoms with Crippen molar-refractivity contribution in [2.75, 3.05) is 33.4 Å². The van der Waals surface area contributed by atoms with Crippen molar-refractivity contribution in [3.05, 3.63) is 0 Å². The van der Waals surface area contributed by atoms with Gasteiger partial charge in [-0.3, -0.25) is 9.69 Å². The van der Waals surface area contributed by atoms with Gasteiger partial charge < -0.3 is 15.8 Å². The monoisotopic (exact) mass is 285 g/mol. The van der Waals surface area contributed by atoms with E-state index in [1.807, 2.05) is 0 Å². The summed E-state index contributed by atoms with van der Waals surface area (Å²) in [6.07, 6.45) is 3.81. The van der Waals surface area contributed by atoms with Crippen molar-refractivity contribution in [2.24, 2.45) is 11.7 Å². The predicted molar refractivity (Wildman–Crippen MR) is 81.5 cm³/mol. The van der Waals surface area contributed by atoms with E-state index in [1.165, 1.54) is 19.3 Å². The van der Waals surface area contributed by atoms with Gasteiger partial charge in [0.15, 0.2) is 0 Å². The van der Waals surface area contributed by atoms with Gasteiger partial charge in [-0.15, -0.1) is 0 Å². The van der Waals surface area contributed by atoms with Gasteiger partial charge in [-0.25, -0.2) is 0 Å². The van der Waals surface area contributed by atoms with Gasteiger partial charge in [0.05, 0.1) is 6.61 Å². The summed E-state index contributed by atoms with van der Waals surface area (Å²) in [6, 6.07) is -0.583. The van der Waals surface area contributed by atoms with E-state index in [9.17, 15) is 4.79 Å². The number of likely N-dealkylation sites (tertiary alicyclic amines) is 1. The van der Waals surface area contributed by atoms with Crippen LogP contribution in [0.3, 0.4) is 0 Å². The molecule has 1 saturated heterocycles. The first kappa shape index (κ1) is 17.4. The fourth-order valence-corrected chi connectivity index (χ4v) is 2.75. The molecule has 0 aromatic rings. The largest absolute Gasteiger partial charge is 0.383 e. The Labute approximate surface area is 123 Å². The number of nitrogens with zero attached hydrogens (tertiary/aromatic N) is 1. The second-order valence-electron chi connectivity index (χ2n) is 6.45. The van der Waals surface area contributed by atoms with E-state index < -0.39 is 6.04 Å². The molecule has 20 heavy (non-hydrogen) atoms. The molecule has 0 spiro atoms. The van der Waals surface area contributed by atoms with Crippen molar-refractivity contribution in [2.45, 2.75) is 51.6 Å². The Kier molecular flexibility index (Phi) is 6.92. The third-order valence-corrected chi connectivity index (χ3v) is 4.33. The van der Waals surface area contributed by atoms with Crippen LogP contribution in [-0.4, -0.2) is 55.7 Å². The minimum Gasteiger partial charge on any atom is -0.383 e. The number of hydrogen-bond acceptors (Lipinski definition) is 4. The molecule has 3 N–H and O–H groups in total. The zero-order valence-electron chi connectivity index (χ0n) is 13.4. The van der Waals surface area contributed by atoms with E-state index in [0.29, 0.717) is 6.54 Å². The molecule has 1 amide bonds. The zero-order valence-corrected chi connectivity index (χ0v) is 13.4. The zero-order chi connectivity index (χ0) is 15.2. The van der Waals surface area contributed by atoms with Crippen LogP contribution in [0.1, 0.15) is 40.0 Å². The molecule has 1 aliphatic rings. The molecule has 0 aromatic heterocycles. The molecule has 0 radical (unpaired) electrons. The SMILES string of the molecule is CCC1CCCN(C(C)(C)CNC(=O)C(N)COC)C1. The molecule has 1 rings (SSSR count). The molecule has 5 nitrogen and oxygen atoms in total. The lowest BCUT2D eigenvalue weighted by molar-refractivity contribution is -0.124. The Morgan fingerprint density at radius 1 is 1.55 bits per heavy atom. The number of amides is 1. The Balaban J connectivity index is 2.46. The molecular formula is C15H31N3O2. The Morgan fingerprint density at radius 2 is 2.25 bits per heavy atom. The van der Waals surface area contributed by atoms with E-state index in [-0.39, 0.29) is 18.1 Å². The highest BCUT2D eigenvalue weighted by Crippen LogP contribution is 2.25. The third-order valence-electron chi connectivity index (χ3n) is 4.33. The summed E-state index contributed by atoms with van der Waals surface area (Å²) in [6.45, 7) is 9.76. The molecule has 2 atom stereocenters. The normalized spacial score (nSPS) is 22.6. The molecule has 1 aliphatic heterocycles. The number of nitrogens with two attached hydrogens (primary N) is 1. The maximum Gasteiger partial charge on any atom is 0.239 e. The molecule has 0 aromatic carbocycles. The number of nitrogens with one attached hydrogen (secondary N) is 1. The van der Waals surface area contributed by atoms with Gasteiger partial charge in [0.2, 0.25) is 5.91 Å². The number of ether oxygens (including phenoxy) is 1. The minimum atomic E-state index is -0.583. The number of methoxy groups -OCH3 is 1. The highest BCUT2D eigenvalue weighted by molar-refractivity contribution is 5.81. The van der Waals surface area contributed by atoms with Gasteiger partial charge in [0.1, 0.15) is 6.04 Å². The average molecular weight is 285 g/mol. The van der Waals surface area contributed by atoms with Crippen molar-refractivity contribution in [3.8, 4) is 0 Å². The van der Waals surface area contributed by atoms with Gasteiger partial charge in [-0.2, -0.15) is 0 Å². The van der Waals surface area contributed by atoms with Gasteiger partial charge in [-0.05, 0) is 39.2 Å². The van der Waals surface area contributed by atoms with Crippen LogP contribution in [0.4, 0.5) is 0 Å². The Hall–Kier alpha value is -0.650. The van der Waals surface area contributed by atoms with Crippen LogP contribution in [0.25, 0.3) is 0 Å². The summed E-state index contributed by atoms with van der Waals surface area (Å²) in [5.41, 5.74) is 5.70. The van der Waals surface area contributed by atoms with Crippen LogP contribution in [0.15, 0.2) is 0 Å². The van der Waals surface area contributed by atoms with Gasteiger partial charge in [-0.1, -0.05) is 13.3 Å². The van der Waals surface area contributed by atoms with Crippen molar-refractivity contribution < 1.29 is 9.53 Å². The minimum absolute atomic E-state index is 0.0315. The lowest BCUT2D eigenvalue weighted by Gasteiger charge is -2.43. The lowest BCUT2D eigenvalue weighted by Crippen LogP contribution is -2.56. The van der Waals surface area contributed by atoms with Crippen LogP contribution in [-0.2, 0) is 9.53 Å². The van der Waals surface area contributed by atoms with Gasteiger partial charge >= 0.3 is 0 Å². The molecule has 0 aliphatic carbocycles. The van der Waals surface area contributed by atoms with Crippen LogP contribution in [0, 0.1) is 5.92 Å². The standard InChI is InChI=1S/C15H31N3O2/c1-5-12-7-6-8-18(9-12)15(2,3)11-17-14(19)13(16)10-20-4/h12-13H,5-11,16H2,1-4H3,(H,17,19). The number of carbonyl (C=O) groups is 1. The smallest absolute Gasteiger partial charge is 0.239 e. The summed E-state index contributed by atoms with van der Waals surface area (Å²) < 4.78 is 4.91. The lowest BCUT2D eigenvalue weighted by atomic mass is 9.91. The first-order chi connectivity index (χ1) is 9.40. The molecular weight excluding hydrogens is 254 g/mol. The molecule has 1 heterocycles.